The van der Waals surface area contributed by atoms with Gasteiger partial charge in [0.25, 0.3) is 5.56 Å². The quantitative estimate of drug-likeness (QED) is 0.311. The molecule has 2 heterocycles. The van der Waals surface area contributed by atoms with E-state index in [1.54, 1.807) is 48.5 Å². The highest BCUT2D eigenvalue weighted by Crippen LogP contribution is 2.26. The Bertz CT molecular complexity index is 1750. The Morgan fingerprint density at radius 2 is 1.53 bits per heavy atom. The van der Waals surface area contributed by atoms with Crippen LogP contribution in [0, 0.1) is 0 Å². The maximum Gasteiger partial charge on any atom is 0.335 e. The number of carboxylic acids is 1. The molecule has 1 N–H and O–H groups in total. The zero-order valence-corrected chi connectivity index (χ0v) is 21.6. The minimum atomic E-state index is -1.08. The van der Waals surface area contributed by atoms with Crippen LogP contribution < -0.4 is 11.2 Å². The first-order valence-corrected chi connectivity index (χ1v) is 12.6. The largest absolute Gasteiger partial charge is 0.481 e. The Hall–Kier alpha value is -4.43. The molecule has 8 nitrogen and oxygen atoms in total. The highest BCUT2D eigenvalue weighted by Gasteiger charge is 2.24. The number of para-hydroxylation sites is 1. The fourth-order valence-corrected chi connectivity index (χ4v) is 4.59. The Balaban J connectivity index is 1.90. The molecule has 0 aliphatic carbocycles. The summed E-state index contributed by atoms with van der Waals surface area (Å²) in [6.07, 6.45) is -0.327. The molecular formula is C29H25ClN4O4. The van der Waals surface area contributed by atoms with E-state index in [1.165, 1.54) is 13.7 Å². The number of aliphatic carboxylic acids is 1. The molecule has 0 unspecified atom stereocenters. The SMILES string of the molecule is CC(C)c1ccc(-c2nc3c(c(=O)n2-c2ccc(Cl)cc2)n(CCC(=O)O)c(=O)n3-c2ccccc2)cc1. The molecule has 0 amide bonds. The van der Waals surface area contributed by atoms with Gasteiger partial charge in [-0.05, 0) is 47.9 Å². The number of hydrogen-bond acceptors (Lipinski definition) is 4. The predicted octanol–water partition coefficient (Wildman–Crippen LogP) is 5.26. The van der Waals surface area contributed by atoms with Crippen molar-refractivity contribution in [3.63, 3.8) is 0 Å². The number of imidazole rings is 1. The molecule has 0 radical (unpaired) electrons. The van der Waals surface area contributed by atoms with Gasteiger partial charge in [0.2, 0.25) is 0 Å². The standard InChI is InChI=1S/C29H25ClN4O4/c1-18(2)19-8-10-20(11-9-19)26-31-27-25(28(37)33(26)23-14-12-21(30)13-15-23)32(17-16-24(35)36)29(38)34(27)22-6-4-3-5-7-22/h3-15,18H,16-17H2,1-2H3,(H,35,36). The number of halogens is 1. The summed E-state index contributed by atoms with van der Waals surface area (Å²) >= 11 is 6.12. The van der Waals surface area contributed by atoms with E-state index in [0.29, 0.717) is 33.7 Å². The second-order valence-electron chi connectivity index (χ2n) is 9.25. The molecule has 0 aliphatic heterocycles. The molecule has 0 atom stereocenters. The number of hydrogen-bond donors (Lipinski definition) is 1. The summed E-state index contributed by atoms with van der Waals surface area (Å²) in [5.41, 5.74) is 2.02. The monoisotopic (exact) mass is 528 g/mol. The third kappa shape index (κ3) is 4.54. The first-order chi connectivity index (χ1) is 18.3. The summed E-state index contributed by atoms with van der Waals surface area (Å²) in [6, 6.07) is 23.4. The smallest absolute Gasteiger partial charge is 0.335 e. The number of benzene rings is 3. The van der Waals surface area contributed by atoms with Gasteiger partial charge in [0, 0.05) is 17.1 Å². The van der Waals surface area contributed by atoms with Crippen LogP contribution in [0.3, 0.4) is 0 Å². The van der Waals surface area contributed by atoms with Crippen molar-refractivity contribution < 1.29 is 9.90 Å². The van der Waals surface area contributed by atoms with Gasteiger partial charge in [-0.2, -0.15) is 0 Å². The number of carboxylic acid groups (broad SMARTS) is 1. The Morgan fingerprint density at radius 1 is 0.895 bits per heavy atom. The van der Waals surface area contributed by atoms with Gasteiger partial charge >= 0.3 is 11.7 Å². The zero-order chi connectivity index (χ0) is 27.0. The van der Waals surface area contributed by atoms with Crippen LogP contribution in [0.15, 0.2) is 88.5 Å². The van der Waals surface area contributed by atoms with E-state index in [9.17, 15) is 19.5 Å². The van der Waals surface area contributed by atoms with Gasteiger partial charge < -0.3 is 5.11 Å². The summed E-state index contributed by atoms with van der Waals surface area (Å²) in [4.78, 5) is 44.1. The lowest BCUT2D eigenvalue weighted by Gasteiger charge is -2.15. The summed E-state index contributed by atoms with van der Waals surface area (Å²) in [6.45, 7) is 4.02. The van der Waals surface area contributed by atoms with Crippen molar-refractivity contribution in [3.8, 4) is 22.8 Å². The van der Waals surface area contributed by atoms with Crippen LogP contribution in [-0.2, 0) is 11.3 Å². The number of rotatable bonds is 7. The van der Waals surface area contributed by atoms with Crippen LogP contribution >= 0.6 is 11.6 Å². The minimum Gasteiger partial charge on any atom is -0.481 e. The number of aromatic nitrogens is 4. The second-order valence-corrected chi connectivity index (χ2v) is 9.69. The van der Waals surface area contributed by atoms with E-state index in [1.807, 2.05) is 30.3 Å². The van der Waals surface area contributed by atoms with Crippen LogP contribution in [0.4, 0.5) is 0 Å². The van der Waals surface area contributed by atoms with Crippen molar-refractivity contribution >= 4 is 28.7 Å². The van der Waals surface area contributed by atoms with Gasteiger partial charge in [0.05, 0.1) is 17.8 Å². The molecule has 38 heavy (non-hydrogen) atoms. The fourth-order valence-electron chi connectivity index (χ4n) is 4.47. The van der Waals surface area contributed by atoms with Crippen LogP contribution in [0.1, 0.15) is 31.7 Å². The maximum atomic E-state index is 14.2. The van der Waals surface area contributed by atoms with Gasteiger partial charge in [0.1, 0.15) is 5.82 Å². The van der Waals surface area contributed by atoms with Crippen molar-refractivity contribution in [1.82, 2.24) is 18.7 Å². The van der Waals surface area contributed by atoms with Crippen LogP contribution in [0.2, 0.25) is 5.02 Å². The molecule has 0 bridgehead atoms. The lowest BCUT2D eigenvalue weighted by Crippen LogP contribution is -2.27. The molecular weight excluding hydrogens is 504 g/mol. The van der Waals surface area contributed by atoms with Crippen LogP contribution in [0.5, 0.6) is 0 Å². The molecule has 0 fully saturated rings. The number of carbonyl (C=O) groups is 1. The van der Waals surface area contributed by atoms with Crippen molar-refractivity contribution in [2.45, 2.75) is 32.7 Å². The van der Waals surface area contributed by atoms with E-state index in [2.05, 4.69) is 13.8 Å². The van der Waals surface area contributed by atoms with Gasteiger partial charge in [-0.3, -0.25) is 18.7 Å². The predicted molar refractivity (Wildman–Crippen MR) is 148 cm³/mol. The third-order valence-electron chi connectivity index (χ3n) is 6.43. The number of aryl methyl sites for hydroxylation is 1. The summed E-state index contributed by atoms with van der Waals surface area (Å²) < 4.78 is 4.00. The summed E-state index contributed by atoms with van der Waals surface area (Å²) in [5.74, 6) is -0.407. The average molecular weight is 529 g/mol. The van der Waals surface area contributed by atoms with Gasteiger partial charge in [-0.1, -0.05) is 67.9 Å². The second kappa shape index (κ2) is 10.1. The Kier molecular flexibility index (Phi) is 6.73. The van der Waals surface area contributed by atoms with Crippen molar-refractivity contribution in [1.29, 1.82) is 0 Å². The zero-order valence-electron chi connectivity index (χ0n) is 20.8. The van der Waals surface area contributed by atoms with Gasteiger partial charge in [-0.15, -0.1) is 0 Å². The van der Waals surface area contributed by atoms with Crippen LogP contribution in [-0.4, -0.2) is 29.8 Å². The van der Waals surface area contributed by atoms with Crippen LogP contribution in [0.25, 0.3) is 33.9 Å². The van der Waals surface area contributed by atoms with Crippen molar-refractivity contribution in [2.24, 2.45) is 0 Å². The molecule has 0 saturated carbocycles. The molecule has 0 saturated heterocycles. The highest BCUT2D eigenvalue weighted by molar-refractivity contribution is 6.30. The third-order valence-corrected chi connectivity index (χ3v) is 6.68. The van der Waals surface area contributed by atoms with Gasteiger partial charge in [0.15, 0.2) is 11.2 Å². The van der Waals surface area contributed by atoms with Crippen molar-refractivity contribution in [2.75, 3.05) is 0 Å². The Labute approximate surface area is 223 Å². The normalized spacial score (nSPS) is 11.4. The maximum absolute atomic E-state index is 14.2. The lowest BCUT2D eigenvalue weighted by atomic mass is 10.0. The summed E-state index contributed by atoms with van der Waals surface area (Å²) in [5, 5.41) is 9.82. The van der Waals surface area contributed by atoms with Crippen molar-refractivity contribution in [3.05, 3.63) is 110 Å². The molecule has 5 rings (SSSR count). The lowest BCUT2D eigenvalue weighted by molar-refractivity contribution is -0.137. The van der Waals surface area contributed by atoms with E-state index in [-0.39, 0.29) is 24.1 Å². The van der Waals surface area contributed by atoms with E-state index >= 15 is 0 Å². The average Bonchev–Trinajstić information content (AvgIpc) is 3.19. The van der Waals surface area contributed by atoms with E-state index < -0.39 is 17.2 Å². The first kappa shape index (κ1) is 25.2. The minimum absolute atomic E-state index is 0.0256. The molecule has 192 valence electrons. The molecule has 5 aromatic rings. The molecule has 0 aliphatic rings. The molecule has 2 aromatic heterocycles. The Morgan fingerprint density at radius 3 is 2.13 bits per heavy atom. The number of fused-ring (bicyclic) bond motifs is 1. The molecule has 9 heteroatoms. The highest BCUT2D eigenvalue weighted by atomic mass is 35.5. The first-order valence-electron chi connectivity index (χ1n) is 12.2. The van der Waals surface area contributed by atoms with E-state index in [4.69, 9.17) is 16.6 Å². The fraction of sp³-hybridized carbons (Fsp3) is 0.172. The van der Waals surface area contributed by atoms with E-state index in [0.717, 1.165) is 5.56 Å². The topological polar surface area (TPSA) is 99.1 Å². The number of nitrogens with zero attached hydrogens (tertiary/aromatic N) is 4. The summed E-state index contributed by atoms with van der Waals surface area (Å²) in [7, 11) is 0. The van der Waals surface area contributed by atoms with Gasteiger partial charge in [-0.25, -0.2) is 14.3 Å². The molecule has 0 spiro atoms. The molecule has 3 aromatic carbocycles.